The molecule has 2 aromatic rings. The van der Waals surface area contributed by atoms with Gasteiger partial charge in [-0.3, -0.25) is 0 Å². The minimum absolute atomic E-state index is 0.172. The standard InChI is InChI=1S/C26H29ClN2O2/c1-8-24(6)16(27)12-15-22(2,3)13-10-9-11-14-17(13)18-19(29-14)23(4,5)20-21(31-20)26(24,28-7)25(15,18)30/h8-11,15-16,20-21,29-30H,1,12H2,2-6H3/t15-,16-,20?,21?,24+,25-,26+/m1/s1. The Balaban J connectivity index is 1.88. The summed E-state index contributed by atoms with van der Waals surface area (Å²) < 4.78 is 6.34. The molecule has 3 aliphatic carbocycles. The van der Waals surface area contributed by atoms with Gasteiger partial charge in [0.1, 0.15) is 6.10 Å². The van der Waals surface area contributed by atoms with Gasteiger partial charge in [0, 0.05) is 33.5 Å². The summed E-state index contributed by atoms with van der Waals surface area (Å²) >= 11 is 7.12. The van der Waals surface area contributed by atoms with Crippen LogP contribution in [0.4, 0.5) is 0 Å². The van der Waals surface area contributed by atoms with Crippen LogP contribution in [0.3, 0.4) is 0 Å². The van der Waals surface area contributed by atoms with Crippen LogP contribution >= 0.6 is 11.6 Å². The van der Waals surface area contributed by atoms with Crippen molar-refractivity contribution in [2.45, 2.75) is 80.6 Å². The number of nitrogens with one attached hydrogen (secondary N) is 1. The van der Waals surface area contributed by atoms with Gasteiger partial charge in [-0.1, -0.05) is 45.9 Å². The first kappa shape index (κ1) is 19.9. The summed E-state index contributed by atoms with van der Waals surface area (Å²) in [6, 6.07) is 6.34. The Morgan fingerprint density at radius 2 is 1.94 bits per heavy atom. The Hall–Kier alpha value is -1.80. The predicted molar refractivity (Wildman–Crippen MR) is 122 cm³/mol. The van der Waals surface area contributed by atoms with Crippen LogP contribution in [0.1, 0.15) is 57.9 Å². The second kappa shape index (κ2) is 5.22. The Kier molecular flexibility index (Phi) is 3.35. The van der Waals surface area contributed by atoms with E-state index in [2.05, 4.69) is 62.3 Å². The Morgan fingerprint density at radius 3 is 2.58 bits per heavy atom. The lowest BCUT2D eigenvalue weighted by Crippen LogP contribution is -2.73. The van der Waals surface area contributed by atoms with Crippen molar-refractivity contribution in [3.05, 3.63) is 59.1 Å². The van der Waals surface area contributed by atoms with Gasteiger partial charge in [0.2, 0.25) is 0 Å². The topological polar surface area (TPSA) is 52.9 Å². The predicted octanol–water partition coefficient (Wildman–Crippen LogP) is 5.18. The quantitative estimate of drug-likeness (QED) is 0.280. The van der Waals surface area contributed by atoms with Gasteiger partial charge < -0.3 is 19.7 Å². The number of fused-ring (bicyclic) bond motifs is 2. The number of hydrogen-bond acceptors (Lipinski definition) is 2. The summed E-state index contributed by atoms with van der Waals surface area (Å²) in [5.41, 5.74) is -0.110. The maximum Gasteiger partial charge on any atom is 0.303 e. The molecule has 2 N–H and O–H groups in total. The van der Waals surface area contributed by atoms with Crippen LogP contribution in [0.5, 0.6) is 0 Å². The van der Waals surface area contributed by atoms with Crippen LogP contribution in [0.2, 0.25) is 0 Å². The number of benzene rings is 1. The molecular formula is C26H29ClN2O2. The largest absolute Gasteiger partial charge is 0.377 e. The number of hydrogen-bond donors (Lipinski definition) is 2. The van der Waals surface area contributed by atoms with E-state index in [1.807, 2.05) is 13.0 Å². The fraction of sp³-hybridized carbons (Fsp3) is 0.577. The van der Waals surface area contributed by atoms with Crippen molar-refractivity contribution < 1.29 is 9.84 Å². The molecule has 31 heavy (non-hydrogen) atoms. The lowest BCUT2D eigenvalue weighted by molar-refractivity contribution is -0.166. The third-order valence-electron chi connectivity index (χ3n) is 9.63. The molecule has 2 fully saturated rings. The summed E-state index contributed by atoms with van der Waals surface area (Å²) in [5, 5.41) is 13.8. The normalized spacial score (nSPS) is 45.4. The molecule has 4 nitrogen and oxygen atoms in total. The first-order chi connectivity index (χ1) is 14.4. The minimum Gasteiger partial charge on any atom is -0.377 e. The van der Waals surface area contributed by atoms with Gasteiger partial charge in [-0.15, -0.1) is 18.2 Å². The van der Waals surface area contributed by atoms with Crippen molar-refractivity contribution in [3.63, 3.8) is 0 Å². The number of nitrogens with zero attached hydrogens (tertiary/aromatic N) is 1. The van der Waals surface area contributed by atoms with Crippen LogP contribution in [-0.4, -0.2) is 33.2 Å². The van der Waals surface area contributed by atoms with E-state index in [1.165, 1.54) is 5.56 Å². The highest BCUT2D eigenvalue weighted by molar-refractivity contribution is 6.21. The highest BCUT2D eigenvalue weighted by atomic mass is 35.5. The van der Waals surface area contributed by atoms with E-state index in [1.54, 1.807) is 0 Å². The monoisotopic (exact) mass is 436 g/mol. The zero-order chi connectivity index (χ0) is 22.4. The van der Waals surface area contributed by atoms with Crippen LogP contribution < -0.4 is 0 Å². The molecule has 162 valence electrons. The number of aromatic amines is 1. The van der Waals surface area contributed by atoms with Crippen LogP contribution in [-0.2, 0) is 21.2 Å². The molecule has 4 aliphatic rings. The van der Waals surface area contributed by atoms with Crippen LogP contribution in [0.15, 0.2) is 30.9 Å². The first-order valence-corrected chi connectivity index (χ1v) is 11.6. The van der Waals surface area contributed by atoms with Gasteiger partial charge in [0.15, 0.2) is 11.7 Å². The van der Waals surface area contributed by atoms with Crippen molar-refractivity contribution in [1.29, 1.82) is 0 Å². The molecule has 1 saturated carbocycles. The summed E-state index contributed by atoms with van der Waals surface area (Å²) in [7, 11) is 0. The summed E-state index contributed by atoms with van der Waals surface area (Å²) in [6.07, 6.45) is 1.83. The van der Waals surface area contributed by atoms with Crippen molar-refractivity contribution in [2.75, 3.05) is 0 Å². The van der Waals surface area contributed by atoms with Crippen LogP contribution in [0.25, 0.3) is 15.7 Å². The maximum atomic E-state index is 13.1. The average molecular weight is 437 g/mol. The molecule has 1 aromatic carbocycles. The van der Waals surface area contributed by atoms with Crippen molar-refractivity contribution >= 4 is 22.5 Å². The molecule has 2 unspecified atom stereocenters. The molecule has 7 atom stereocenters. The third kappa shape index (κ3) is 1.72. The van der Waals surface area contributed by atoms with Gasteiger partial charge in [-0.25, -0.2) is 6.57 Å². The first-order valence-electron chi connectivity index (χ1n) is 11.1. The molecule has 0 radical (unpaired) electrons. The van der Waals surface area contributed by atoms with Crippen molar-refractivity contribution in [3.8, 4) is 0 Å². The fourth-order valence-corrected chi connectivity index (χ4v) is 8.19. The van der Waals surface area contributed by atoms with Crippen molar-refractivity contribution in [2.24, 2.45) is 11.3 Å². The smallest absolute Gasteiger partial charge is 0.303 e. The van der Waals surface area contributed by atoms with Gasteiger partial charge in [0.05, 0.1) is 10.8 Å². The molecule has 0 spiro atoms. The van der Waals surface area contributed by atoms with E-state index >= 15 is 0 Å². The number of alkyl halides is 1. The second-order valence-corrected chi connectivity index (χ2v) is 11.9. The molecule has 1 aromatic heterocycles. The molecule has 0 bridgehead atoms. The van der Waals surface area contributed by atoms with E-state index in [-0.39, 0.29) is 28.2 Å². The van der Waals surface area contributed by atoms with E-state index < -0.39 is 22.7 Å². The number of aliphatic hydroxyl groups is 1. The van der Waals surface area contributed by atoms with E-state index in [4.69, 9.17) is 22.9 Å². The van der Waals surface area contributed by atoms with Crippen LogP contribution in [0, 0.1) is 17.9 Å². The third-order valence-corrected chi connectivity index (χ3v) is 10.3. The number of halogens is 1. The Bertz CT molecular complexity index is 1220. The molecule has 1 aliphatic heterocycles. The van der Waals surface area contributed by atoms with Gasteiger partial charge in [-0.2, -0.15) is 0 Å². The molecule has 1 saturated heterocycles. The maximum absolute atomic E-state index is 13.1. The number of ether oxygens (including phenoxy) is 1. The SMILES string of the molecule is [C-]#[N+][C@]12C3OC3C(C)(C)c3[nH]c4cccc5c4c3[C@]1(O)[C@H](C[C@@H](Cl)[C@]2(C)C=C)C5(C)C. The lowest BCUT2D eigenvalue weighted by Gasteiger charge is -2.61. The lowest BCUT2D eigenvalue weighted by atomic mass is 9.43. The number of rotatable bonds is 1. The fourth-order valence-electron chi connectivity index (χ4n) is 7.75. The van der Waals surface area contributed by atoms with Gasteiger partial charge >= 0.3 is 5.54 Å². The summed E-state index contributed by atoms with van der Waals surface area (Å²) in [6.45, 7) is 23.4. The van der Waals surface area contributed by atoms with E-state index in [0.29, 0.717) is 6.42 Å². The zero-order valence-corrected chi connectivity index (χ0v) is 19.5. The van der Waals surface area contributed by atoms with Gasteiger partial charge in [-0.05, 0) is 30.4 Å². The Labute approximate surface area is 188 Å². The molecule has 6 rings (SSSR count). The Morgan fingerprint density at radius 1 is 1.23 bits per heavy atom. The highest BCUT2D eigenvalue weighted by Gasteiger charge is 2.87. The molecule has 5 heteroatoms. The molecule has 0 amide bonds. The minimum atomic E-state index is -1.41. The van der Waals surface area contributed by atoms with E-state index in [0.717, 1.165) is 22.2 Å². The molecule has 2 heterocycles. The molecular weight excluding hydrogens is 408 g/mol. The number of aromatic nitrogens is 1. The summed E-state index contributed by atoms with van der Waals surface area (Å²) in [5.74, 6) is -0.226. The average Bonchev–Trinajstić information content (AvgIpc) is 3.43. The zero-order valence-electron chi connectivity index (χ0n) is 18.7. The van der Waals surface area contributed by atoms with E-state index in [9.17, 15) is 5.11 Å². The number of epoxide rings is 1. The van der Waals surface area contributed by atoms with Gasteiger partial charge in [0.25, 0.3) is 0 Å². The summed E-state index contributed by atoms with van der Waals surface area (Å²) in [4.78, 5) is 7.99. The highest BCUT2D eigenvalue weighted by Crippen LogP contribution is 2.73. The number of H-pyrrole nitrogens is 1. The van der Waals surface area contributed by atoms with Crippen molar-refractivity contribution in [1.82, 2.24) is 4.98 Å². The second-order valence-electron chi connectivity index (χ2n) is 11.4.